The average molecular weight is 494 g/mol. The van der Waals surface area contributed by atoms with E-state index in [9.17, 15) is 5.26 Å². The molecule has 180 valence electrons. The molecule has 0 unspecified atom stereocenters. The Morgan fingerprint density at radius 2 is 1.51 bits per heavy atom. The minimum Gasteiger partial charge on any atom is -0.493 e. The van der Waals surface area contributed by atoms with Crippen LogP contribution in [0, 0.1) is 11.3 Å². The molecule has 0 saturated heterocycles. The van der Waals surface area contributed by atoms with E-state index in [1.54, 1.807) is 46.8 Å². The first-order chi connectivity index (χ1) is 17.1. The van der Waals surface area contributed by atoms with E-state index in [0.29, 0.717) is 63.7 Å². The SMILES string of the molecule is COc1cc2cc3c(Nc4cc(OC)c(OC)c(OC)c4)c(C#N)cnc3cc2cc1OCCCl. The molecule has 8 nitrogen and oxygen atoms in total. The second-order valence-corrected chi connectivity index (χ2v) is 7.83. The van der Waals surface area contributed by atoms with Gasteiger partial charge in [-0.25, -0.2) is 0 Å². The van der Waals surface area contributed by atoms with E-state index >= 15 is 0 Å². The number of alkyl halides is 1. The molecule has 1 aromatic heterocycles. The Hall–Kier alpha value is -4.09. The Labute approximate surface area is 207 Å². The van der Waals surface area contributed by atoms with Crippen molar-refractivity contribution in [3.8, 4) is 34.8 Å². The van der Waals surface area contributed by atoms with Crippen molar-refractivity contribution in [2.45, 2.75) is 0 Å². The quantitative estimate of drug-likeness (QED) is 0.236. The number of nitrogens with zero attached hydrogens (tertiary/aromatic N) is 2. The van der Waals surface area contributed by atoms with Gasteiger partial charge in [-0.1, -0.05) is 0 Å². The minimum atomic E-state index is 0.365. The van der Waals surface area contributed by atoms with Crippen molar-refractivity contribution in [1.82, 2.24) is 4.98 Å². The molecule has 0 spiro atoms. The summed E-state index contributed by atoms with van der Waals surface area (Å²) in [6.45, 7) is 0.365. The topological polar surface area (TPSA) is 94.9 Å². The van der Waals surface area contributed by atoms with Crippen molar-refractivity contribution in [1.29, 1.82) is 5.26 Å². The van der Waals surface area contributed by atoms with E-state index < -0.39 is 0 Å². The Balaban J connectivity index is 1.89. The molecule has 3 aromatic carbocycles. The summed E-state index contributed by atoms with van der Waals surface area (Å²) in [6.07, 6.45) is 1.54. The summed E-state index contributed by atoms with van der Waals surface area (Å²) in [4.78, 5) is 4.51. The van der Waals surface area contributed by atoms with Gasteiger partial charge in [0.1, 0.15) is 12.7 Å². The highest BCUT2D eigenvalue weighted by Crippen LogP contribution is 2.42. The molecular weight excluding hydrogens is 470 g/mol. The maximum Gasteiger partial charge on any atom is 0.203 e. The van der Waals surface area contributed by atoms with Gasteiger partial charge in [0, 0.05) is 29.4 Å². The molecule has 4 rings (SSSR count). The lowest BCUT2D eigenvalue weighted by Crippen LogP contribution is -2.01. The molecule has 0 aliphatic heterocycles. The van der Waals surface area contributed by atoms with Gasteiger partial charge >= 0.3 is 0 Å². The van der Waals surface area contributed by atoms with Crippen molar-refractivity contribution < 1.29 is 23.7 Å². The van der Waals surface area contributed by atoms with Crippen molar-refractivity contribution in [3.63, 3.8) is 0 Å². The smallest absolute Gasteiger partial charge is 0.203 e. The third kappa shape index (κ3) is 4.63. The molecule has 1 heterocycles. The number of anilines is 2. The van der Waals surface area contributed by atoms with E-state index in [1.807, 2.05) is 24.3 Å². The lowest BCUT2D eigenvalue weighted by molar-refractivity contribution is 0.313. The summed E-state index contributed by atoms with van der Waals surface area (Å²) in [7, 11) is 6.23. The molecule has 0 aliphatic rings. The molecule has 0 aliphatic carbocycles. The summed E-state index contributed by atoms with van der Waals surface area (Å²) >= 11 is 5.78. The maximum atomic E-state index is 9.81. The molecular formula is C26H24ClN3O5. The van der Waals surface area contributed by atoms with Gasteiger partial charge < -0.3 is 29.0 Å². The fourth-order valence-electron chi connectivity index (χ4n) is 3.88. The van der Waals surface area contributed by atoms with Crippen LogP contribution in [0.2, 0.25) is 0 Å². The highest BCUT2D eigenvalue weighted by Gasteiger charge is 2.17. The van der Waals surface area contributed by atoms with Crippen LogP contribution in [0.25, 0.3) is 21.7 Å². The first-order valence-corrected chi connectivity index (χ1v) is 11.2. The first kappa shape index (κ1) is 24.0. The Morgan fingerprint density at radius 3 is 2.11 bits per heavy atom. The fourth-order valence-corrected chi connectivity index (χ4v) is 3.96. The van der Waals surface area contributed by atoms with E-state index in [2.05, 4.69) is 16.4 Å². The number of nitrogens with one attached hydrogen (secondary N) is 1. The molecule has 35 heavy (non-hydrogen) atoms. The van der Waals surface area contributed by atoms with Crippen LogP contribution < -0.4 is 29.0 Å². The lowest BCUT2D eigenvalue weighted by Gasteiger charge is -2.17. The molecule has 0 bridgehead atoms. The zero-order valence-electron chi connectivity index (χ0n) is 19.8. The molecule has 4 aromatic rings. The number of hydrogen-bond donors (Lipinski definition) is 1. The number of pyridine rings is 1. The van der Waals surface area contributed by atoms with Crippen LogP contribution >= 0.6 is 11.6 Å². The zero-order valence-corrected chi connectivity index (χ0v) is 20.5. The Morgan fingerprint density at radius 1 is 0.857 bits per heavy atom. The molecule has 0 saturated carbocycles. The third-order valence-corrected chi connectivity index (χ3v) is 5.65. The van der Waals surface area contributed by atoms with Crippen LogP contribution in [0.1, 0.15) is 5.56 Å². The lowest BCUT2D eigenvalue weighted by atomic mass is 10.0. The summed E-state index contributed by atoms with van der Waals surface area (Å²) in [6, 6.07) is 13.5. The summed E-state index contributed by atoms with van der Waals surface area (Å²) in [5, 5.41) is 15.7. The third-order valence-electron chi connectivity index (χ3n) is 5.50. The van der Waals surface area contributed by atoms with Crippen molar-refractivity contribution in [2.75, 3.05) is 46.2 Å². The summed E-state index contributed by atoms with van der Waals surface area (Å²) in [5.74, 6) is 3.02. The normalized spacial score (nSPS) is 10.6. The molecule has 0 radical (unpaired) electrons. The number of rotatable bonds is 9. The Kier molecular flexibility index (Phi) is 7.18. The van der Waals surface area contributed by atoms with E-state index in [4.69, 9.17) is 35.3 Å². The van der Waals surface area contributed by atoms with Gasteiger partial charge in [0.2, 0.25) is 5.75 Å². The average Bonchev–Trinajstić information content (AvgIpc) is 2.89. The standard InChI is InChI=1S/C26H24ClN3O5/c1-31-21-9-15-7-19-20(8-16(15)10-22(21)35-6-5-27)29-14-17(13-28)25(19)30-18-11-23(32-2)26(34-4)24(12-18)33-3/h7-12,14H,5-6H2,1-4H3,(H,29,30). The van der Waals surface area contributed by atoms with Gasteiger partial charge in [-0.3, -0.25) is 4.98 Å². The number of methoxy groups -OCH3 is 4. The molecule has 0 amide bonds. The second kappa shape index (κ2) is 10.5. The van der Waals surface area contributed by atoms with E-state index in [0.717, 1.165) is 16.2 Å². The van der Waals surface area contributed by atoms with Crippen LogP contribution in [0.3, 0.4) is 0 Å². The zero-order chi connectivity index (χ0) is 24.9. The molecule has 0 atom stereocenters. The van der Waals surface area contributed by atoms with Crippen LogP contribution in [-0.4, -0.2) is 45.9 Å². The monoisotopic (exact) mass is 493 g/mol. The van der Waals surface area contributed by atoms with Gasteiger partial charge in [-0.05, 0) is 35.0 Å². The highest BCUT2D eigenvalue weighted by atomic mass is 35.5. The van der Waals surface area contributed by atoms with Crippen LogP contribution in [-0.2, 0) is 0 Å². The molecule has 9 heteroatoms. The van der Waals surface area contributed by atoms with E-state index in [-0.39, 0.29) is 0 Å². The van der Waals surface area contributed by atoms with Crippen molar-refractivity contribution >= 4 is 44.7 Å². The molecule has 0 fully saturated rings. The van der Waals surface area contributed by atoms with Gasteiger partial charge in [-0.2, -0.15) is 5.26 Å². The van der Waals surface area contributed by atoms with Gasteiger partial charge in [0.05, 0.1) is 51.1 Å². The number of ether oxygens (including phenoxy) is 5. The summed E-state index contributed by atoms with van der Waals surface area (Å²) < 4.78 is 27.6. The van der Waals surface area contributed by atoms with Crippen molar-refractivity contribution in [2.24, 2.45) is 0 Å². The van der Waals surface area contributed by atoms with Crippen molar-refractivity contribution in [3.05, 3.63) is 48.2 Å². The van der Waals surface area contributed by atoms with Crippen LogP contribution in [0.15, 0.2) is 42.6 Å². The fraction of sp³-hybridized carbons (Fsp3) is 0.231. The minimum absolute atomic E-state index is 0.365. The van der Waals surface area contributed by atoms with Gasteiger partial charge in [0.15, 0.2) is 23.0 Å². The number of halogens is 1. The maximum absolute atomic E-state index is 9.81. The first-order valence-electron chi connectivity index (χ1n) is 10.7. The second-order valence-electron chi connectivity index (χ2n) is 7.45. The number of nitriles is 1. The van der Waals surface area contributed by atoms with Crippen LogP contribution in [0.4, 0.5) is 11.4 Å². The predicted molar refractivity (Wildman–Crippen MR) is 136 cm³/mol. The number of fused-ring (bicyclic) bond motifs is 2. The number of hydrogen-bond acceptors (Lipinski definition) is 8. The Bertz CT molecular complexity index is 1410. The van der Waals surface area contributed by atoms with Crippen LogP contribution in [0.5, 0.6) is 28.7 Å². The predicted octanol–water partition coefficient (Wildman–Crippen LogP) is 5.66. The molecule has 1 N–H and O–H groups in total. The largest absolute Gasteiger partial charge is 0.493 e. The van der Waals surface area contributed by atoms with Gasteiger partial charge in [0.25, 0.3) is 0 Å². The van der Waals surface area contributed by atoms with Gasteiger partial charge in [-0.15, -0.1) is 11.6 Å². The highest BCUT2D eigenvalue weighted by molar-refractivity contribution is 6.18. The van der Waals surface area contributed by atoms with E-state index in [1.165, 1.54) is 0 Å². The number of benzene rings is 3. The number of aromatic nitrogens is 1. The summed E-state index contributed by atoms with van der Waals surface area (Å²) in [5.41, 5.74) is 2.36.